The van der Waals surface area contributed by atoms with Crippen molar-refractivity contribution in [2.45, 2.75) is 19.3 Å². The number of carbonyl (C=O) groups excluding carboxylic acids is 2. The van der Waals surface area contributed by atoms with Crippen molar-refractivity contribution in [2.24, 2.45) is 0 Å². The van der Waals surface area contributed by atoms with Gasteiger partial charge in [0.1, 0.15) is 17.4 Å². The molecule has 25 heavy (non-hydrogen) atoms. The average molecular weight is 342 g/mol. The molecule has 2 rings (SSSR count). The van der Waals surface area contributed by atoms with Gasteiger partial charge in [0, 0.05) is 32.3 Å². The van der Waals surface area contributed by atoms with Crippen LogP contribution in [0.25, 0.3) is 0 Å². The molecule has 0 radical (unpaired) electrons. The summed E-state index contributed by atoms with van der Waals surface area (Å²) in [6.07, 6.45) is 3.54. The van der Waals surface area contributed by atoms with Crippen molar-refractivity contribution in [3.63, 3.8) is 0 Å². The maximum absolute atomic E-state index is 12.1. The van der Waals surface area contributed by atoms with Crippen molar-refractivity contribution in [3.05, 3.63) is 36.0 Å². The molecule has 7 heteroatoms. The number of likely N-dealkylation sites (tertiary alicyclic amines) is 1. The average Bonchev–Trinajstić information content (AvgIpc) is 3.04. The molecule has 0 bridgehead atoms. The molecule has 0 unspecified atom stereocenters. The van der Waals surface area contributed by atoms with Gasteiger partial charge in [0.25, 0.3) is 5.91 Å². The van der Waals surface area contributed by atoms with Gasteiger partial charge in [0.05, 0.1) is 12.8 Å². The number of hydrogen-bond donors (Lipinski definition) is 2. The predicted molar refractivity (Wildman–Crippen MR) is 93.8 cm³/mol. The molecule has 1 heterocycles. The van der Waals surface area contributed by atoms with E-state index >= 15 is 0 Å². The van der Waals surface area contributed by atoms with E-state index in [1.807, 2.05) is 18.2 Å². The minimum atomic E-state index is -0.447. The van der Waals surface area contributed by atoms with E-state index in [1.54, 1.807) is 24.1 Å². The van der Waals surface area contributed by atoms with Crippen molar-refractivity contribution < 1.29 is 14.3 Å². The highest BCUT2D eigenvalue weighted by Gasteiger charge is 2.19. The second-order valence-corrected chi connectivity index (χ2v) is 5.61. The summed E-state index contributed by atoms with van der Waals surface area (Å²) in [5, 5.41) is 14.8. The minimum Gasteiger partial charge on any atom is -0.495 e. The number of anilines is 1. The van der Waals surface area contributed by atoms with E-state index in [-0.39, 0.29) is 11.5 Å². The molecule has 1 aromatic rings. The molecule has 1 saturated heterocycles. The maximum Gasteiger partial charge on any atom is 0.263 e. The van der Waals surface area contributed by atoms with E-state index in [1.165, 1.54) is 6.20 Å². The molecule has 0 atom stereocenters. The second-order valence-electron chi connectivity index (χ2n) is 5.61. The first-order chi connectivity index (χ1) is 12.2. The van der Waals surface area contributed by atoms with Crippen LogP contribution in [0.3, 0.4) is 0 Å². The standard InChI is InChI=1S/C18H22N4O3/c1-25-16-7-3-2-6-15(16)21-13-14(12-19)18(24)20-9-5-11-22-10-4-8-17(22)23/h2-3,6-7,13,21H,4-5,8-11H2,1H3,(H,20,24)/b14-13-. The van der Waals surface area contributed by atoms with Gasteiger partial charge in [0.2, 0.25) is 5.91 Å². The molecule has 2 amide bonds. The molecule has 0 aliphatic carbocycles. The van der Waals surface area contributed by atoms with Crippen LogP contribution in [0.4, 0.5) is 5.69 Å². The van der Waals surface area contributed by atoms with Gasteiger partial charge in [-0.2, -0.15) is 5.26 Å². The van der Waals surface area contributed by atoms with Crippen molar-refractivity contribution in [1.29, 1.82) is 5.26 Å². The van der Waals surface area contributed by atoms with E-state index in [0.29, 0.717) is 37.4 Å². The van der Waals surface area contributed by atoms with Crippen LogP contribution in [0.1, 0.15) is 19.3 Å². The smallest absolute Gasteiger partial charge is 0.263 e. The summed E-state index contributed by atoms with van der Waals surface area (Å²) in [6.45, 7) is 1.83. The van der Waals surface area contributed by atoms with Crippen molar-refractivity contribution in [3.8, 4) is 11.8 Å². The maximum atomic E-state index is 12.1. The normalized spacial score (nSPS) is 14.2. The molecule has 2 N–H and O–H groups in total. The molecular weight excluding hydrogens is 320 g/mol. The third-order valence-electron chi connectivity index (χ3n) is 3.91. The molecule has 1 aromatic carbocycles. The lowest BCUT2D eigenvalue weighted by Gasteiger charge is -2.15. The van der Waals surface area contributed by atoms with Crippen LogP contribution in [0.2, 0.25) is 0 Å². The Labute approximate surface area is 147 Å². The number of nitrogens with zero attached hydrogens (tertiary/aromatic N) is 2. The Morgan fingerprint density at radius 1 is 1.44 bits per heavy atom. The molecule has 1 aliphatic heterocycles. The fourth-order valence-electron chi connectivity index (χ4n) is 2.57. The van der Waals surface area contributed by atoms with Crippen LogP contribution in [-0.2, 0) is 9.59 Å². The summed E-state index contributed by atoms with van der Waals surface area (Å²) in [7, 11) is 1.55. The van der Waals surface area contributed by atoms with Crippen molar-refractivity contribution in [2.75, 3.05) is 32.1 Å². The summed E-state index contributed by atoms with van der Waals surface area (Å²) in [5.74, 6) is 0.342. The Bertz CT molecular complexity index is 694. The number of amides is 2. The highest BCUT2D eigenvalue weighted by atomic mass is 16.5. The monoisotopic (exact) mass is 342 g/mol. The SMILES string of the molecule is COc1ccccc1N/C=C(/C#N)C(=O)NCCCN1CCCC1=O. The first-order valence-corrected chi connectivity index (χ1v) is 8.21. The highest BCUT2D eigenvalue weighted by molar-refractivity contribution is 5.97. The van der Waals surface area contributed by atoms with Gasteiger partial charge in [-0.25, -0.2) is 0 Å². The summed E-state index contributed by atoms with van der Waals surface area (Å²) in [5.41, 5.74) is 0.640. The Balaban J connectivity index is 1.81. The Hall–Kier alpha value is -3.01. The minimum absolute atomic E-state index is 0.0249. The van der Waals surface area contributed by atoms with E-state index < -0.39 is 5.91 Å². The van der Waals surface area contributed by atoms with Crippen LogP contribution < -0.4 is 15.4 Å². The number of rotatable bonds is 8. The lowest BCUT2D eigenvalue weighted by molar-refractivity contribution is -0.127. The number of benzene rings is 1. The number of carbonyl (C=O) groups is 2. The quantitative estimate of drug-likeness (QED) is 0.425. The van der Waals surface area contributed by atoms with Gasteiger partial charge in [-0.15, -0.1) is 0 Å². The van der Waals surface area contributed by atoms with Crippen LogP contribution in [-0.4, -0.2) is 43.5 Å². The third kappa shape index (κ3) is 5.24. The second kappa shape index (κ2) is 9.33. The Morgan fingerprint density at radius 3 is 2.92 bits per heavy atom. The van der Waals surface area contributed by atoms with Crippen molar-refractivity contribution in [1.82, 2.24) is 10.2 Å². The fourth-order valence-corrected chi connectivity index (χ4v) is 2.57. The van der Waals surface area contributed by atoms with Gasteiger partial charge in [-0.1, -0.05) is 12.1 Å². The zero-order valence-corrected chi connectivity index (χ0v) is 14.2. The van der Waals surface area contributed by atoms with Gasteiger partial charge < -0.3 is 20.3 Å². The zero-order valence-electron chi connectivity index (χ0n) is 14.2. The van der Waals surface area contributed by atoms with Gasteiger partial charge in [0.15, 0.2) is 0 Å². The number of ether oxygens (including phenoxy) is 1. The van der Waals surface area contributed by atoms with Gasteiger partial charge in [-0.05, 0) is 25.0 Å². The van der Waals surface area contributed by atoms with Gasteiger partial charge in [-0.3, -0.25) is 9.59 Å². The fraction of sp³-hybridized carbons (Fsp3) is 0.389. The number of para-hydroxylation sites is 2. The molecule has 0 saturated carbocycles. The van der Waals surface area contributed by atoms with E-state index in [9.17, 15) is 9.59 Å². The molecule has 0 spiro atoms. The van der Waals surface area contributed by atoms with Crippen LogP contribution in [0, 0.1) is 11.3 Å². The number of nitrogens with one attached hydrogen (secondary N) is 2. The lowest BCUT2D eigenvalue weighted by atomic mass is 10.2. The first-order valence-electron chi connectivity index (χ1n) is 8.21. The summed E-state index contributed by atoms with van der Waals surface area (Å²) in [6, 6.07) is 9.10. The molecular formula is C18H22N4O3. The molecule has 132 valence electrons. The molecule has 1 fully saturated rings. The number of nitriles is 1. The Morgan fingerprint density at radius 2 is 2.24 bits per heavy atom. The van der Waals surface area contributed by atoms with Crippen LogP contribution in [0.15, 0.2) is 36.0 Å². The summed E-state index contributed by atoms with van der Waals surface area (Å²) in [4.78, 5) is 25.4. The predicted octanol–water partition coefficient (Wildman–Crippen LogP) is 1.64. The number of hydrogen-bond acceptors (Lipinski definition) is 5. The largest absolute Gasteiger partial charge is 0.495 e. The highest BCUT2D eigenvalue weighted by Crippen LogP contribution is 2.23. The van der Waals surface area contributed by atoms with E-state index in [4.69, 9.17) is 10.00 Å². The summed E-state index contributed by atoms with van der Waals surface area (Å²) < 4.78 is 5.20. The lowest BCUT2D eigenvalue weighted by Crippen LogP contribution is -2.31. The first kappa shape index (κ1) is 18.3. The van der Waals surface area contributed by atoms with Crippen LogP contribution in [0.5, 0.6) is 5.75 Å². The Kier molecular flexibility index (Phi) is 6.84. The summed E-state index contributed by atoms with van der Waals surface area (Å²) >= 11 is 0. The molecule has 1 aliphatic rings. The van der Waals surface area contributed by atoms with Crippen molar-refractivity contribution >= 4 is 17.5 Å². The topological polar surface area (TPSA) is 94.5 Å². The van der Waals surface area contributed by atoms with E-state index in [0.717, 1.165) is 13.0 Å². The van der Waals surface area contributed by atoms with Crippen LogP contribution >= 0.6 is 0 Å². The number of methoxy groups -OCH3 is 1. The molecule has 7 nitrogen and oxygen atoms in total. The third-order valence-corrected chi connectivity index (χ3v) is 3.91. The molecule has 0 aromatic heterocycles. The van der Waals surface area contributed by atoms with Gasteiger partial charge >= 0.3 is 0 Å². The zero-order chi connectivity index (χ0) is 18.1. The van der Waals surface area contributed by atoms with E-state index in [2.05, 4.69) is 10.6 Å².